The van der Waals surface area contributed by atoms with Crippen LogP contribution in [0.25, 0.3) is 0 Å². The minimum absolute atomic E-state index is 0.192. The van der Waals surface area contributed by atoms with E-state index in [0.29, 0.717) is 12.2 Å². The third-order valence-electron chi connectivity index (χ3n) is 1.81. The molecule has 1 amide bonds. The zero-order chi connectivity index (χ0) is 10.7. The summed E-state index contributed by atoms with van der Waals surface area (Å²) in [4.78, 5) is 13.2. The fraction of sp³-hybridized carbons (Fsp3) is 0.333. The maximum absolute atomic E-state index is 11.7. The Bertz CT molecular complexity index is 356. The molecule has 1 heterocycles. The van der Waals surface area contributed by atoms with Crippen LogP contribution in [0.15, 0.2) is 18.9 Å². The number of aromatic nitrogens is 2. The van der Waals surface area contributed by atoms with Crippen LogP contribution in [0.1, 0.15) is 10.5 Å². The average molecular weight is 194 g/mol. The predicted molar refractivity (Wildman–Crippen MR) is 54.8 cm³/mol. The van der Waals surface area contributed by atoms with Gasteiger partial charge in [0.15, 0.2) is 5.69 Å². The number of hydrogen-bond donors (Lipinski definition) is 1. The van der Waals surface area contributed by atoms with Crippen molar-refractivity contribution in [2.75, 3.05) is 19.3 Å². The lowest BCUT2D eigenvalue weighted by atomic mass is 10.3. The lowest BCUT2D eigenvalue weighted by Crippen LogP contribution is -2.27. The third kappa shape index (κ3) is 1.93. The van der Waals surface area contributed by atoms with Crippen LogP contribution < -0.4 is 5.73 Å². The van der Waals surface area contributed by atoms with Crippen molar-refractivity contribution in [1.82, 2.24) is 14.7 Å². The maximum Gasteiger partial charge on any atom is 0.276 e. The molecule has 14 heavy (non-hydrogen) atoms. The van der Waals surface area contributed by atoms with E-state index in [1.807, 2.05) is 0 Å². The largest absolute Gasteiger partial charge is 0.396 e. The van der Waals surface area contributed by atoms with Gasteiger partial charge in [-0.2, -0.15) is 5.10 Å². The third-order valence-corrected chi connectivity index (χ3v) is 1.81. The van der Waals surface area contributed by atoms with E-state index in [4.69, 9.17) is 5.73 Å². The Balaban J connectivity index is 2.88. The number of likely N-dealkylation sites (N-methyl/N-ethyl adjacent to an activating group) is 1. The van der Waals surface area contributed by atoms with Crippen molar-refractivity contribution >= 4 is 11.6 Å². The van der Waals surface area contributed by atoms with Gasteiger partial charge in [-0.25, -0.2) is 0 Å². The number of nitrogens with zero attached hydrogens (tertiary/aromatic N) is 3. The van der Waals surface area contributed by atoms with E-state index >= 15 is 0 Å². The summed E-state index contributed by atoms with van der Waals surface area (Å²) in [6.45, 7) is 4.03. The summed E-state index contributed by atoms with van der Waals surface area (Å²) < 4.78 is 1.52. The summed E-state index contributed by atoms with van der Waals surface area (Å²) in [7, 11) is 3.40. The van der Waals surface area contributed by atoms with E-state index in [0.717, 1.165) is 0 Å². The summed E-state index contributed by atoms with van der Waals surface area (Å²) in [5.74, 6) is -0.192. The number of rotatable bonds is 3. The van der Waals surface area contributed by atoms with Crippen LogP contribution in [-0.2, 0) is 7.05 Å². The van der Waals surface area contributed by atoms with E-state index in [1.165, 1.54) is 9.58 Å². The standard InChI is InChI=1S/C9H14N4O/c1-4-5-12(2)9(14)8-7(10)6-13(3)11-8/h4,6H,1,5,10H2,2-3H3. The molecule has 76 valence electrons. The van der Waals surface area contributed by atoms with Gasteiger partial charge in [0.05, 0.1) is 5.69 Å². The second-order valence-corrected chi connectivity index (χ2v) is 3.08. The summed E-state index contributed by atoms with van der Waals surface area (Å²) in [6.07, 6.45) is 3.26. The number of nitrogens with two attached hydrogens (primary N) is 1. The molecule has 5 heteroatoms. The number of nitrogen functional groups attached to an aromatic ring is 1. The molecule has 0 fully saturated rings. The Morgan fingerprint density at radius 2 is 2.50 bits per heavy atom. The predicted octanol–water partition coefficient (Wildman–Crippen LogP) is 0.260. The monoisotopic (exact) mass is 194 g/mol. The van der Waals surface area contributed by atoms with Crippen LogP contribution >= 0.6 is 0 Å². The zero-order valence-corrected chi connectivity index (χ0v) is 8.40. The topological polar surface area (TPSA) is 64.2 Å². The Morgan fingerprint density at radius 1 is 1.86 bits per heavy atom. The van der Waals surface area contributed by atoms with Gasteiger partial charge in [-0.3, -0.25) is 9.48 Å². The molecule has 1 rings (SSSR count). The lowest BCUT2D eigenvalue weighted by Gasteiger charge is -2.12. The first-order chi connectivity index (χ1) is 6.56. The van der Waals surface area contributed by atoms with Crippen LogP contribution in [0, 0.1) is 0 Å². The van der Waals surface area contributed by atoms with Gasteiger partial charge in [-0.15, -0.1) is 6.58 Å². The van der Waals surface area contributed by atoms with Crippen LogP contribution in [0.4, 0.5) is 5.69 Å². The smallest absolute Gasteiger partial charge is 0.276 e. The Hall–Kier alpha value is -1.78. The molecule has 0 atom stereocenters. The summed E-state index contributed by atoms with van der Waals surface area (Å²) in [5, 5.41) is 3.98. The normalized spacial score (nSPS) is 9.86. The minimum atomic E-state index is -0.192. The number of carbonyl (C=O) groups excluding carboxylic acids is 1. The molecule has 0 saturated carbocycles. The SMILES string of the molecule is C=CCN(C)C(=O)c1nn(C)cc1N. The van der Waals surface area contributed by atoms with Crippen LogP contribution in [0.3, 0.4) is 0 Å². The first kappa shape index (κ1) is 10.3. The zero-order valence-electron chi connectivity index (χ0n) is 8.40. The molecule has 5 nitrogen and oxygen atoms in total. The summed E-state index contributed by atoms with van der Waals surface area (Å²) in [6, 6.07) is 0. The number of aryl methyl sites for hydroxylation is 1. The lowest BCUT2D eigenvalue weighted by molar-refractivity contribution is 0.0804. The van der Waals surface area contributed by atoms with E-state index in [9.17, 15) is 4.79 Å². The van der Waals surface area contributed by atoms with Gasteiger partial charge in [-0.1, -0.05) is 6.08 Å². The van der Waals surface area contributed by atoms with Crippen molar-refractivity contribution in [3.8, 4) is 0 Å². The fourth-order valence-corrected chi connectivity index (χ4v) is 1.13. The molecule has 1 aromatic rings. The first-order valence-corrected chi connectivity index (χ1v) is 4.21. The summed E-state index contributed by atoms with van der Waals surface area (Å²) >= 11 is 0. The van der Waals surface area contributed by atoms with Gasteiger partial charge >= 0.3 is 0 Å². The molecule has 0 aliphatic rings. The quantitative estimate of drug-likeness (QED) is 0.702. The Kier molecular flexibility index (Phi) is 2.91. The molecule has 1 aromatic heterocycles. The van der Waals surface area contributed by atoms with Crippen molar-refractivity contribution in [3.05, 3.63) is 24.5 Å². The molecule has 0 saturated heterocycles. The van der Waals surface area contributed by atoms with Crippen molar-refractivity contribution in [2.24, 2.45) is 7.05 Å². The molecule has 0 unspecified atom stereocenters. The van der Waals surface area contributed by atoms with E-state index < -0.39 is 0 Å². The maximum atomic E-state index is 11.7. The van der Waals surface area contributed by atoms with Crippen molar-refractivity contribution in [2.45, 2.75) is 0 Å². The van der Waals surface area contributed by atoms with Crippen molar-refractivity contribution < 1.29 is 4.79 Å². The molecule has 0 aliphatic heterocycles. The number of carbonyl (C=O) groups is 1. The molecule has 0 bridgehead atoms. The average Bonchev–Trinajstić information content (AvgIpc) is 2.44. The highest BCUT2D eigenvalue weighted by atomic mass is 16.2. The van der Waals surface area contributed by atoms with E-state index in [1.54, 1.807) is 26.4 Å². The van der Waals surface area contributed by atoms with Crippen LogP contribution in [0.2, 0.25) is 0 Å². The van der Waals surface area contributed by atoms with Crippen molar-refractivity contribution in [1.29, 1.82) is 0 Å². The Labute approximate surface area is 82.8 Å². The minimum Gasteiger partial charge on any atom is -0.396 e. The number of anilines is 1. The van der Waals surface area contributed by atoms with E-state index in [2.05, 4.69) is 11.7 Å². The number of hydrogen-bond acceptors (Lipinski definition) is 3. The van der Waals surface area contributed by atoms with Crippen LogP contribution in [-0.4, -0.2) is 34.2 Å². The van der Waals surface area contributed by atoms with E-state index in [-0.39, 0.29) is 11.6 Å². The van der Waals surface area contributed by atoms with Gasteiger partial charge in [0, 0.05) is 26.8 Å². The molecular formula is C9H14N4O. The summed E-state index contributed by atoms with van der Waals surface area (Å²) in [5.41, 5.74) is 6.31. The highest BCUT2D eigenvalue weighted by molar-refractivity contribution is 5.96. The van der Waals surface area contributed by atoms with Gasteiger partial charge in [-0.05, 0) is 0 Å². The molecule has 0 aromatic carbocycles. The van der Waals surface area contributed by atoms with Crippen molar-refractivity contribution in [3.63, 3.8) is 0 Å². The Morgan fingerprint density at radius 3 is 2.93 bits per heavy atom. The second kappa shape index (κ2) is 3.95. The van der Waals surface area contributed by atoms with Gasteiger partial charge < -0.3 is 10.6 Å². The molecule has 0 spiro atoms. The second-order valence-electron chi connectivity index (χ2n) is 3.08. The molecule has 0 radical (unpaired) electrons. The first-order valence-electron chi connectivity index (χ1n) is 4.21. The van der Waals surface area contributed by atoms with Gasteiger partial charge in [0.2, 0.25) is 0 Å². The van der Waals surface area contributed by atoms with Crippen LogP contribution in [0.5, 0.6) is 0 Å². The van der Waals surface area contributed by atoms with Gasteiger partial charge in [0.1, 0.15) is 0 Å². The molecule has 2 N–H and O–H groups in total. The highest BCUT2D eigenvalue weighted by Crippen LogP contribution is 2.10. The molecule has 0 aliphatic carbocycles. The fourth-order valence-electron chi connectivity index (χ4n) is 1.13. The van der Waals surface area contributed by atoms with Gasteiger partial charge in [0.25, 0.3) is 5.91 Å². The molecular weight excluding hydrogens is 180 g/mol. The highest BCUT2D eigenvalue weighted by Gasteiger charge is 2.16. The number of amides is 1.